The molecule has 0 saturated heterocycles. The Morgan fingerprint density at radius 1 is 0.905 bits per heavy atom. The zero-order valence-corrected chi connectivity index (χ0v) is 11.9. The van der Waals surface area contributed by atoms with Gasteiger partial charge in [-0.25, -0.2) is 4.79 Å². The molecule has 0 fully saturated rings. The van der Waals surface area contributed by atoms with Crippen molar-refractivity contribution in [2.75, 3.05) is 7.11 Å². The molecule has 108 valence electrons. The Kier molecular flexibility index (Phi) is 4.72. The SMILES string of the molecule is COc1ccc(C(=O)C(C)OC(=O)c2ccccc2)cc1. The number of carbonyl (C=O) groups is 2. The number of ether oxygens (including phenoxy) is 2. The van der Waals surface area contributed by atoms with E-state index in [-0.39, 0.29) is 5.78 Å². The van der Waals surface area contributed by atoms with Gasteiger partial charge in [0, 0.05) is 5.56 Å². The van der Waals surface area contributed by atoms with Gasteiger partial charge < -0.3 is 9.47 Å². The van der Waals surface area contributed by atoms with Gasteiger partial charge in [0.05, 0.1) is 12.7 Å². The molecule has 4 heteroatoms. The molecule has 0 radical (unpaired) electrons. The summed E-state index contributed by atoms with van der Waals surface area (Å²) in [6, 6.07) is 15.3. The van der Waals surface area contributed by atoms with Crippen LogP contribution in [0.2, 0.25) is 0 Å². The smallest absolute Gasteiger partial charge is 0.338 e. The third kappa shape index (κ3) is 3.69. The second kappa shape index (κ2) is 6.70. The summed E-state index contributed by atoms with van der Waals surface area (Å²) in [5, 5.41) is 0. The second-order valence-corrected chi connectivity index (χ2v) is 4.51. The molecule has 0 aliphatic rings. The summed E-state index contributed by atoms with van der Waals surface area (Å²) >= 11 is 0. The van der Waals surface area contributed by atoms with Crippen LogP contribution in [0.25, 0.3) is 0 Å². The lowest BCUT2D eigenvalue weighted by molar-refractivity contribution is 0.0319. The molecule has 1 atom stereocenters. The van der Waals surface area contributed by atoms with Crippen molar-refractivity contribution in [3.05, 3.63) is 65.7 Å². The van der Waals surface area contributed by atoms with Gasteiger partial charge in [0.25, 0.3) is 0 Å². The fourth-order valence-corrected chi connectivity index (χ4v) is 1.85. The quantitative estimate of drug-likeness (QED) is 0.625. The molecule has 0 aromatic heterocycles. The van der Waals surface area contributed by atoms with Crippen molar-refractivity contribution in [1.82, 2.24) is 0 Å². The van der Waals surface area contributed by atoms with E-state index in [0.717, 1.165) is 0 Å². The number of benzene rings is 2. The zero-order valence-electron chi connectivity index (χ0n) is 11.9. The lowest BCUT2D eigenvalue weighted by atomic mass is 10.1. The number of carbonyl (C=O) groups excluding carboxylic acids is 2. The maximum atomic E-state index is 12.2. The highest BCUT2D eigenvalue weighted by molar-refractivity contribution is 6.01. The standard InChI is InChI=1S/C17H16O4/c1-12(21-17(19)14-6-4-3-5-7-14)16(18)13-8-10-15(20-2)11-9-13/h3-12H,1-2H3. The van der Waals surface area contributed by atoms with Crippen molar-refractivity contribution in [3.8, 4) is 5.75 Å². The maximum absolute atomic E-state index is 12.2. The summed E-state index contributed by atoms with van der Waals surface area (Å²) in [6.07, 6.45) is -0.842. The van der Waals surface area contributed by atoms with Crippen LogP contribution >= 0.6 is 0 Å². The van der Waals surface area contributed by atoms with Gasteiger partial charge in [-0.15, -0.1) is 0 Å². The fraction of sp³-hybridized carbons (Fsp3) is 0.176. The molecule has 4 nitrogen and oxygen atoms in total. The largest absolute Gasteiger partial charge is 0.497 e. The van der Waals surface area contributed by atoms with E-state index in [4.69, 9.17) is 9.47 Å². The van der Waals surface area contributed by atoms with Crippen LogP contribution in [0.5, 0.6) is 5.75 Å². The van der Waals surface area contributed by atoms with Crippen LogP contribution in [0.1, 0.15) is 27.6 Å². The summed E-state index contributed by atoms with van der Waals surface area (Å²) in [6.45, 7) is 1.56. The number of Topliss-reactive ketones (excluding diaryl/α,β-unsaturated/α-hetero) is 1. The molecule has 0 saturated carbocycles. The summed E-state index contributed by atoms with van der Waals surface area (Å²) in [7, 11) is 1.56. The van der Waals surface area contributed by atoms with Crippen molar-refractivity contribution in [2.45, 2.75) is 13.0 Å². The van der Waals surface area contributed by atoms with Crippen LogP contribution in [0.3, 0.4) is 0 Å². The first-order chi connectivity index (χ1) is 10.1. The van der Waals surface area contributed by atoms with Gasteiger partial charge in [-0.05, 0) is 43.3 Å². The molecule has 2 rings (SSSR count). The van der Waals surface area contributed by atoms with Crippen LogP contribution in [-0.2, 0) is 4.74 Å². The lowest BCUT2D eigenvalue weighted by Gasteiger charge is -2.12. The molecule has 0 amide bonds. The Bertz CT molecular complexity index is 617. The van der Waals surface area contributed by atoms with Gasteiger partial charge in [0.15, 0.2) is 6.10 Å². The molecule has 2 aromatic carbocycles. The average Bonchev–Trinajstić information content (AvgIpc) is 2.55. The van der Waals surface area contributed by atoms with Crippen LogP contribution in [-0.4, -0.2) is 25.0 Å². The molecule has 0 spiro atoms. The van der Waals surface area contributed by atoms with E-state index in [0.29, 0.717) is 16.9 Å². The normalized spacial score (nSPS) is 11.5. The zero-order chi connectivity index (χ0) is 15.2. The van der Waals surface area contributed by atoms with Crippen LogP contribution in [0.4, 0.5) is 0 Å². The molecular formula is C17H16O4. The van der Waals surface area contributed by atoms with E-state index in [9.17, 15) is 9.59 Å². The van der Waals surface area contributed by atoms with E-state index >= 15 is 0 Å². The third-order valence-corrected chi connectivity index (χ3v) is 3.04. The Labute approximate surface area is 123 Å². The highest BCUT2D eigenvalue weighted by Crippen LogP contribution is 2.14. The molecular weight excluding hydrogens is 268 g/mol. The summed E-state index contributed by atoms with van der Waals surface area (Å²) < 4.78 is 10.2. The Balaban J connectivity index is 2.03. The Hall–Kier alpha value is -2.62. The van der Waals surface area contributed by atoms with Crippen LogP contribution in [0, 0.1) is 0 Å². The number of methoxy groups -OCH3 is 1. The van der Waals surface area contributed by atoms with E-state index < -0.39 is 12.1 Å². The summed E-state index contributed by atoms with van der Waals surface area (Å²) in [4.78, 5) is 24.1. The van der Waals surface area contributed by atoms with Crippen LogP contribution in [0.15, 0.2) is 54.6 Å². The Morgan fingerprint density at radius 3 is 2.10 bits per heavy atom. The number of hydrogen-bond donors (Lipinski definition) is 0. The molecule has 2 aromatic rings. The molecule has 0 N–H and O–H groups in total. The second-order valence-electron chi connectivity index (χ2n) is 4.51. The molecule has 0 heterocycles. The molecule has 21 heavy (non-hydrogen) atoms. The number of ketones is 1. The first kappa shape index (κ1) is 14.8. The Morgan fingerprint density at radius 2 is 1.52 bits per heavy atom. The van der Waals surface area contributed by atoms with Crippen molar-refractivity contribution in [2.24, 2.45) is 0 Å². The monoisotopic (exact) mass is 284 g/mol. The van der Waals surface area contributed by atoms with Crippen molar-refractivity contribution in [3.63, 3.8) is 0 Å². The number of rotatable bonds is 5. The molecule has 0 aliphatic heterocycles. The lowest BCUT2D eigenvalue weighted by Crippen LogP contribution is -2.24. The topological polar surface area (TPSA) is 52.6 Å². The summed E-state index contributed by atoms with van der Waals surface area (Å²) in [5.74, 6) is -0.0904. The van der Waals surface area contributed by atoms with Gasteiger partial charge in [0.1, 0.15) is 5.75 Å². The van der Waals surface area contributed by atoms with Crippen LogP contribution < -0.4 is 4.74 Å². The molecule has 0 bridgehead atoms. The minimum atomic E-state index is -0.842. The van der Waals surface area contributed by atoms with Gasteiger partial charge in [-0.3, -0.25) is 4.79 Å². The predicted octanol–water partition coefficient (Wildman–Crippen LogP) is 3.12. The number of esters is 1. The van der Waals surface area contributed by atoms with E-state index in [1.165, 1.54) is 0 Å². The van der Waals surface area contributed by atoms with Gasteiger partial charge in [-0.1, -0.05) is 18.2 Å². The highest BCUT2D eigenvalue weighted by atomic mass is 16.5. The molecule has 0 aliphatic carbocycles. The van der Waals surface area contributed by atoms with Gasteiger partial charge >= 0.3 is 5.97 Å². The minimum absolute atomic E-state index is 0.248. The fourth-order valence-electron chi connectivity index (χ4n) is 1.85. The average molecular weight is 284 g/mol. The van der Waals surface area contributed by atoms with Crippen molar-refractivity contribution in [1.29, 1.82) is 0 Å². The third-order valence-electron chi connectivity index (χ3n) is 3.04. The van der Waals surface area contributed by atoms with E-state index in [1.807, 2.05) is 6.07 Å². The predicted molar refractivity (Wildman–Crippen MR) is 78.6 cm³/mol. The first-order valence-corrected chi connectivity index (χ1v) is 6.56. The first-order valence-electron chi connectivity index (χ1n) is 6.56. The minimum Gasteiger partial charge on any atom is -0.497 e. The number of hydrogen-bond acceptors (Lipinski definition) is 4. The van der Waals surface area contributed by atoms with E-state index in [2.05, 4.69) is 0 Å². The highest BCUT2D eigenvalue weighted by Gasteiger charge is 2.20. The summed E-state index contributed by atoms with van der Waals surface area (Å²) in [5.41, 5.74) is 0.899. The van der Waals surface area contributed by atoms with Gasteiger partial charge in [0.2, 0.25) is 5.78 Å². The maximum Gasteiger partial charge on any atom is 0.338 e. The van der Waals surface area contributed by atoms with Crippen molar-refractivity contribution >= 4 is 11.8 Å². The van der Waals surface area contributed by atoms with Gasteiger partial charge in [-0.2, -0.15) is 0 Å². The molecule has 1 unspecified atom stereocenters. The van der Waals surface area contributed by atoms with E-state index in [1.54, 1.807) is 62.6 Å². The van der Waals surface area contributed by atoms with Crippen molar-refractivity contribution < 1.29 is 19.1 Å².